The van der Waals surface area contributed by atoms with Gasteiger partial charge in [0, 0.05) is 22.9 Å². The number of aromatic hydroxyl groups is 1. The molecule has 0 unspecified atom stereocenters. The average molecular weight is 522 g/mol. The summed E-state index contributed by atoms with van der Waals surface area (Å²) in [6, 6.07) is 3.25. The second-order valence-corrected chi connectivity index (χ2v) is 8.89. The average Bonchev–Trinajstić information content (AvgIpc) is 2.75. The first kappa shape index (κ1) is 24.8. The number of benzene rings is 1. The number of ketones is 1. The van der Waals surface area contributed by atoms with Crippen LogP contribution in [0.4, 0.5) is 0 Å². The monoisotopic (exact) mass is 521 g/mol. The second-order valence-electron chi connectivity index (χ2n) is 8.04. The highest BCUT2D eigenvalue weighted by atomic mass is 79.9. The van der Waals surface area contributed by atoms with E-state index in [1.54, 1.807) is 32.9 Å². The van der Waals surface area contributed by atoms with Gasteiger partial charge in [-0.1, -0.05) is 6.92 Å². The zero-order chi connectivity index (χ0) is 24.4. The summed E-state index contributed by atoms with van der Waals surface area (Å²) in [5.74, 6) is -3.52. The van der Waals surface area contributed by atoms with Gasteiger partial charge in [0.1, 0.15) is 5.92 Å². The number of methoxy groups -OCH3 is 1. The Morgan fingerprint density at radius 1 is 1.24 bits per heavy atom. The molecule has 1 heterocycles. The lowest BCUT2D eigenvalue weighted by Gasteiger charge is -2.38. The lowest BCUT2D eigenvalue weighted by atomic mass is 9.69. The van der Waals surface area contributed by atoms with E-state index in [1.807, 2.05) is 6.92 Å². The molecule has 1 aliphatic heterocycles. The fourth-order valence-corrected chi connectivity index (χ4v) is 4.98. The molecule has 0 saturated heterocycles. The third-order valence-corrected chi connectivity index (χ3v) is 6.53. The summed E-state index contributed by atoms with van der Waals surface area (Å²) >= 11 is 3.34. The van der Waals surface area contributed by atoms with Crippen molar-refractivity contribution in [2.75, 3.05) is 20.3 Å². The zero-order valence-electron chi connectivity index (χ0n) is 19.3. The molecule has 33 heavy (non-hydrogen) atoms. The van der Waals surface area contributed by atoms with Crippen molar-refractivity contribution in [2.45, 2.75) is 40.0 Å². The highest BCUT2D eigenvalue weighted by molar-refractivity contribution is 9.10. The van der Waals surface area contributed by atoms with Crippen LogP contribution in [0.15, 0.2) is 39.1 Å². The minimum absolute atomic E-state index is 0.0850. The Bertz CT molecular complexity index is 1060. The first-order chi connectivity index (χ1) is 15.7. The fourth-order valence-electron chi connectivity index (χ4n) is 4.52. The molecule has 8 nitrogen and oxygen atoms in total. The molecule has 3 rings (SSSR count). The first-order valence-electron chi connectivity index (χ1n) is 10.8. The van der Waals surface area contributed by atoms with Gasteiger partial charge in [-0.2, -0.15) is 0 Å². The molecule has 0 spiro atoms. The van der Waals surface area contributed by atoms with Gasteiger partial charge in [0.25, 0.3) is 0 Å². The molecule has 0 saturated carbocycles. The van der Waals surface area contributed by atoms with Crippen molar-refractivity contribution >= 4 is 33.7 Å². The molecule has 1 aliphatic carbocycles. The molecule has 1 aromatic carbocycles. The first-order valence-corrected chi connectivity index (χ1v) is 11.6. The summed E-state index contributed by atoms with van der Waals surface area (Å²) in [5, 5.41) is 13.6. The molecule has 1 aromatic rings. The maximum absolute atomic E-state index is 13.7. The molecule has 3 atom stereocenters. The van der Waals surface area contributed by atoms with Crippen LogP contribution >= 0.6 is 15.9 Å². The molecule has 0 fully saturated rings. The topological polar surface area (TPSA) is 111 Å². The van der Waals surface area contributed by atoms with Gasteiger partial charge in [0.15, 0.2) is 17.3 Å². The largest absolute Gasteiger partial charge is 0.503 e. The van der Waals surface area contributed by atoms with Crippen LogP contribution in [0.5, 0.6) is 11.5 Å². The van der Waals surface area contributed by atoms with E-state index in [0.717, 1.165) is 0 Å². The number of dihydropyridines is 1. The Morgan fingerprint density at radius 2 is 1.94 bits per heavy atom. The van der Waals surface area contributed by atoms with E-state index in [2.05, 4.69) is 21.2 Å². The molecular formula is C24H28BrNO7. The van der Waals surface area contributed by atoms with E-state index in [-0.39, 0.29) is 29.6 Å². The van der Waals surface area contributed by atoms with Gasteiger partial charge in [-0.05, 0) is 66.7 Å². The number of hydrogen-bond acceptors (Lipinski definition) is 8. The summed E-state index contributed by atoms with van der Waals surface area (Å²) in [7, 11) is 1.25. The van der Waals surface area contributed by atoms with Crippen molar-refractivity contribution in [3.63, 3.8) is 0 Å². The Kier molecular flexibility index (Phi) is 7.51. The Morgan fingerprint density at radius 3 is 2.55 bits per heavy atom. The van der Waals surface area contributed by atoms with E-state index in [9.17, 15) is 19.5 Å². The van der Waals surface area contributed by atoms with Gasteiger partial charge in [-0.25, -0.2) is 4.79 Å². The molecule has 2 aliphatic rings. The van der Waals surface area contributed by atoms with Crippen molar-refractivity contribution in [1.82, 2.24) is 5.32 Å². The highest BCUT2D eigenvalue weighted by Gasteiger charge is 2.47. The van der Waals surface area contributed by atoms with Crippen molar-refractivity contribution < 1.29 is 33.7 Å². The number of allylic oxidation sites excluding steroid dienone is 3. The van der Waals surface area contributed by atoms with Crippen LogP contribution < -0.4 is 10.1 Å². The van der Waals surface area contributed by atoms with E-state index < -0.39 is 29.6 Å². The standard InChI is InChI=1S/C24H28BrNO7/c1-6-32-16-10-13(9-14(25)21(16)27)19-18(24(30)33-7-2)12(4)26-15-8-11(3)17(23(29)31-5)22(28)20(15)19/h9-11,17,19,26-27H,6-8H2,1-5H3/t11-,17-,19+/m0/s1. The molecular weight excluding hydrogens is 494 g/mol. The van der Waals surface area contributed by atoms with E-state index in [4.69, 9.17) is 14.2 Å². The summed E-state index contributed by atoms with van der Waals surface area (Å²) in [4.78, 5) is 39.2. The number of carbonyl (C=O) groups excluding carboxylic acids is 3. The van der Waals surface area contributed by atoms with Gasteiger partial charge in [0.2, 0.25) is 0 Å². The minimum atomic E-state index is -0.980. The maximum Gasteiger partial charge on any atom is 0.336 e. The number of carbonyl (C=O) groups is 3. The van der Waals surface area contributed by atoms with Crippen LogP contribution in [0.25, 0.3) is 0 Å². The number of hydrogen-bond donors (Lipinski definition) is 2. The van der Waals surface area contributed by atoms with Gasteiger partial charge >= 0.3 is 11.9 Å². The molecule has 9 heteroatoms. The Labute approximate surface area is 201 Å². The predicted octanol–water partition coefficient (Wildman–Crippen LogP) is 3.73. The molecule has 178 valence electrons. The Balaban J connectivity index is 2.26. The number of Topliss-reactive ketones (excluding diaryl/α,β-unsaturated/α-hetero) is 1. The van der Waals surface area contributed by atoms with Crippen LogP contribution in [-0.4, -0.2) is 43.2 Å². The lowest BCUT2D eigenvalue weighted by Crippen LogP contribution is -2.43. The van der Waals surface area contributed by atoms with E-state index >= 15 is 0 Å². The second kappa shape index (κ2) is 9.99. The van der Waals surface area contributed by atoms with Crippen molar-refractivity contribution in [3.05, 3.63) is 44.7 Å². The highest BCUT2D eigenvalue weighted by Crippen LogP contribution is 2.48. The Hall–Kier alpha value is -2.81. The zero-order valence-corrected chi connectivity index (χ0v) is 20.9. The van der Waals surface area contributed by atoms with Gasteiger partial charge in [-0.15, -0.1) is 0 Å². The van der Waals surface area contributed by atoms with Gasteiger partial charge < -0.3 is 24.6 Å². The smallest absolute Gasteiger partial charge is 0.336 e. The molecule has 0 amide bonds. The number of ether oxygens (including phenoxy) is 3. The van der Waals surface area contributed by atoms with Crippen LogP contribution in [0, 0.1) is 11.8 Å². The summed E-state index contributed by atoms with van der Waals surface area (Å²) in [6.45, 7) is 7.53. The number of esters is 2. The molecule has 2 N–H and O–H groups in total. The third-order valence-electron chi connectivity index (χ3n) is 5.92. The summed E-state index contributed by atoms with van der Waals surface area (Å²) in [5.41, 5.74) is 2.35. The molecule has 0 aromatic heterocycles. The van der Waals surface area contributed by atoms with Gasteiger partial charge in [0.05, 0.1) is 30.4 Å². The lowest BCUT2D eigenvalue weighted by molar-refractivity contribution is -0.151. The van der Waals surface area contributed by atoms with Crippen molar-refractivity contribution in [1.29, 1.82) is 0 Å². The summed E-state index contributed by atoms with van der Waals surface area (Å²) in [6.07, 6.45) is 0.433. The SMILES string of the molecule is CCOC(=O)C1=C(C)NC2=C(C(=O)[C@@H](C(=O)OC)[C@@H](C)C2)[C@@H]1c1cc(Br)c(O)c(OCC)c1. The van der Waals surface area contributed by atoms with Crippen molar-refractivity contribution in [3.8, 4) is 11.5 Å². The maximum atomic E-state index is 13.7. The number of nitrogens with one attached hydrogen (secondary N) is 1. The van der Waals surface area contributed by atoms with Crippen LogP contribution in [0.3, 0.4) is 0 Å². The quantitative estimate of drug-likeness (QED) is 0.430. The van der Waals surface area contributed by atoms with Crippen LogP contribution in [0.2, 0.25) is 0 Å². The third kappa shape index (κ3) is 4.51. The van der Waals surface area contributed by atoms with Crippen molar-refractivity contribution in [2.24, 2.45) is 11.8 Å². The predicted molar refractivity (Wildman–Crippen MR) is 124 cm³/mol. The number of rotatable bonds is 6. The van der Waals surface area contributed by atoms with Crippen LogP contribution in [0.1, 0.15) is 45.6 Å². The number of halogens is 1. The molecule has 0 radical (unpaired) electrons. The van der Waals surface area contributed by atoms with E-state index in [0.29, 0.717) is 40.0 Å². The fraction of sp³-hybridized carbons (Fsp3) is 0.458. The summed E-state index contributed by atoms with van der Waals surface area (Å²) < 4.78 is 16.1. The number of phenols is 1. The van der Waals surface area contributed by atoms with Gasteiger partial charge in [-0.3, -0.25) is 9.59 Å². The van der Waals surface area contributed by atoms with Crippen LogP contribution in [-0.2, 0) is 23.9 Å². The number of phenolic OH excluding ortho intramolecular Hbond substituents is 1. The molecule has 0 bridgehead atoms. The van der Waals surface area contributed by atoms with E-state index in [1.165, 1.54) is 7.11 Å². The minimum Gasteiger partial charge on any atom is -0.503 e. The normalized spacial score (nSPS) is 22.5.